The van der Waals surface area contributed by atoms with E-state index >= 15 is 0 Å². The number of hydrogen-bond acceptors (Lipinski definition) is 6. The van der Waals surface area contributed by atoms with E-state index in [4.69, 9.17) is 4.74 Å². The predicted molar refractivity (Wildman–Crippen MR) is 135 cm³/mol. The third-order valence-corrected chi connectivity index (χ3v) is 5.55. The summed E-state index contributed by atoms with van der Waals surface area (Å²) in [6.45, 7) is 4.00. The Morgan fingerprint density at radius 1 is 0.917 bits per heavy atom. The van der Waals surface area contributed by atoms with Crippen LogP contribution in [-0.4, -0.2) is 49.8 Å². The molecule has 194 valence electrons. The minimum Gasteiger partial charge on any atom is -0.497 e. The van der Waals surface area contributed by atoms with Crippen LogP contribution < -0.4 is 20.9 Å². The summed E-state index contributed by atoms with van der Waals surface area (Å²) in [6.07, 6.45) is 2.50. The molecule has 2 atom stereocenters. The number of ether oxygens (including phenoxy) is 1. The summed E-state index contributed by atoms with van der Waals surface area (Å²) in [4.78, 5) is 55.5. The smallest absolute Gasteiger partial charge is 0.313 e. The number of carbonyl (C=O) groups is 4. The molecule has 0 spiro atoms. The Kier molecular flexibility index (Phi) is 11.6. The van der Waals surface area contributed by atoms with Gasteiger partial charge in [-0.1, -0.05) is 63.1 Å². The highest BCUT2D eigenvalue weighted by molar-refractivity contribution is 6.38. The van der Waals surface area contributed by atoms with Gasteiger partial charge in [0.2, 0.25) is 11.7 Å². The minimum atomic E-state index is -1.12. The van der Waals surface area contributed by atoms with Gasteiger partial charge in [-0.3, -0.25) is 24.0 Å². The Labute approximate surface area is 211 Å². The number of benzene rings is 2. The average Bonchev–Trinajstić information content (AvgIpc) is 3.73. The van der Waals surface area contributed by atoms with Gasteiger partial charge in [0.15, 0.2) is 0 Å². The average molecular weight is 498 g/mol. The molecule has 3 N–H and O–H groups in total. The standard InChI is InChI=1S/C25H29N3O6.C2H6/c1-33-19-10-6-9-18(15-19)23(30)27-21(14-17-11-12-17)24(31)26-20(22(29)25(32)28-34-2)13-16-7-4-3-5-8-16;1-2/h3-10,15,17,20-21H,11-14H2,1-2H3,(H,26,31)(H,27,30)(H,28,32);1-2H3. The van der Waals surface area contributed by atoms with E-state index in [-0.39, 0.29) is 6.42 Å². The van der Waals surface area contributed by atoms with Gasteiger partial charge < -0.3 is 15.4 Å². The van der Waals surface area contributed by atoms with Gasteiger partial charge in [0, 0.05) is 12.0 Å². The van der Waals surface area contributed by atoms with E-state index in [1.165, 1.54) is 14.2 Å². The van der Waals surface area contributed by atoms with Crippen molar-refractivity contribution < 1.29 is 28.8 Å². The van der Waals surface area contributed by atoms with Gasteiger partial charge in [-0.25, -0.2) is 5.48 Å². The molecule has 2 unspecified atom stereocenters. The van der Waals surface area contributed by atoms with Crippen LogP contribution in [0.1, 0.15) is 49.0 Å². The van der Waals surface area contributed by atoms with Crippen molar-refractivity contribution in [1.82, 2.24) is 16.1 Å². The van der Waals surface area contributed by atoms with E-state index in [0.29, 0.717) is 23.7 Å². The van der Waals surface area contributed by atoms with E-state index in [0.717, 1.165) is 18.4 Å². The highest BCUT2D eigenvalue weighted by Gasteiger charge is 2.34. The molecule has 0 saturated heterocycles. The van der Waals surface area contributed by atoms with Crippen LogP contribution in [0.5, 0.6) is 5.75 Å². The summed E-state index contributed by atoms with van der Waals surface area (Å²) in [5.41, 5.74) is 3.12. The van der Waals surface area contributed by atoms with E-state index in [9.17, 15) is 19.2 Å². The first kappa shape index (κ1) is 28.5. The number of amides is 3. The van der Waals surface area contributed by atoms with Gasteiger partial charge >= 0.3 is 5.91 Å². The van der Waals surface area contributed by atoms with E-state index in [2.05, 4.69) is 15.5 Å². The zero-order valence-electron chi connectivity index (χ0n) is 21.2. The fraction of sp³-hybridized carbons (Fsp3) is 0.407. The van der Waals surface area contributed by atoms with Gasteiger partial charge in [0.1, 0.15) is 17.8 Å². The Balaban J connectivity index is 0.00000222. The van der Waals surface area contributed by atoms with Crippen LogP contribution in [0.15, 0.2) is 54.6 Å². The van der Waals surface area contributed by atoms with Gasteiger partial charge in [-0.2, -0.15) is 0 Å². The normalized spacial score (nSPS) is 13.8. The van der Waals surface area contributed by atoms with Crippen molar-refractivity contribution in [3.63, 3.8) is 0 Å². The van der Waals surface area contributed by atoms with E-state index < -0.39 is 35.6 Å². The summed E-state index contributed by atoms with van der Waals surface area (Å²) >= 11 is 0. The molecule has 3 rings (SSSR count). The Morgan fingerprint density at radius 2 is 1.61 bits per heavy atom. The second kappa shape index (κ2) is 14.6. The molecule has 2 aromatic carbocycles. The van der Waals surface area contributed by atoms with Gasteiger partial charge in [0.05, 0.1) is 14.2 Å². The monoisotopic (exact) mass is 497 g/mol. The van der Waals surface area contributed by atoms with Gasteiger partial charge in [-0.05, 0) is 36.1 Å². The number of carbonyl (C=O) groups excluding carboxylic acids is 4. The number of nitrogens with one attached hydrogen (secondary N) is 3. The molecule has 9 nitrogen and oxygen atoms in total. The summed E-state index contributed by atoms with van der Waals surface area (Å²) in [6, 6.07) is 13.7. The van der Waals surface area contributed by atoms with Crippen LogP contribution in [0, 0.1) is 5.92 Å². The summed E-state index contributed by atoms with van der Waals surface area (Å²) in [5.74, 6) is -1.92. The van der Waals surface area contributed by atoms with E-state index in [1.807, 2.05) is 25.4 Å². The number of rotatable bonds is 12. The lowest BCUT2D eigenvalue weighted by atomic mass is 10.0. The largest absolute Gasteiger partial charge is 0.497 e. The quantitative estimate of drug-likeness (QED) is 0.306. The Bertz CT molecular complexity index is 1020. The first-order valence-electron chi connectivity index (χ1n) is 12.1. The minimum absolute atomic E-state index is 0.114. The van der Waals surface area contributed by atoms with Crippen LogP contribution in [0.4, 0.5) is 0 Å². The second-order valence-corrected chi connectivity index (χ2v) is 8.19. The van der Waals surface area contributed by atoms with Crippen molar-refractivity contribution in [3.8, 4) is 5.75 Å². The van der Waals surface area contributed by atoms with Crippen LogP contribution in [0.3, 0.4) is 0 Å². The van der Waals surface area contributed by atoms with Crippen molar-refractivity contribution >= 4 is 23.5 Å². The lowest BCUT2D eigenvalue weighted by Crippen LogP contribution is -2.54. The SMILES string of the molecule is CC.CONC(=O)C(=O)C(Cc1ccccc1)NC(=O)C(CC1CC1)NC(=O)c1cccc(OC)c1. The van der Waals surface area contributed by atoms with Crippen LogP contribution >= 0.6 is 0 Å². The Morgan fingerprint density at radius 3 is 2.22 bits per heavy atom. The summed E-state index contributed by atoms with van der Waals surface area (Å²) in [5, 5.41) is 5.45. The highest BCUT2D eigenvalue weighted by atomic mass is 16.6. The number of methoxy groups -OCH3 is 1. The van der Waals surface area contributed by atoms with Crippen LogP contribution in [0.25, 0.3) is 0 Å². The lowest BCUT2D eigenvalue weighted by Gasteiger charge is -2.23. The summed E-state index contributed by atoms with van der Waals surface area (Å²) < 4.78 is 5.16. The molecule has 0 bridgehead atoms. The first-order chi connectivity index (χ1) is 17.4. The number of hydroxylamine groups is 1. The van der Waals surface area contributed by atoms with Crippen molar-refractivity contribution in [2.45, 2.75) is 51.6 Å². The maximum absolute atomic E-state index is 13.2. The molecule has 1 aliphatic carbocycles. The molecule has 9 heteroatoms. The zero-order valence-corrected chi connectivity index (χ0v) is 21.2. The molecular weight excluding hydrogens is 462 g/mol. The van der Waals surface area contributed by atoms with E-state index in [1.54, 1.807) is 48.5 Å². The number of Topliss-reactive ketones (excluding diaryl/α,β-unsaturated/α-hetero) is 1. The summed E-state index contributed by atoms with van der Waals surface area (Å²) in [7, 11) is 2.72. The third kappa shape index (κ3) is 8.81. The molecule has 1 fully saturated rings. The molecule has 2 aromatic rings. The van der Waals surface area contributed by atoms with Crippen molar-refractivity contribution in [2.75, 3.05) is 14.2 Å². The highest BCUT2D eigenvalue weighted by Crippen LogP contribution is 2.33. The second-order valence-electron chi connectivity index (χ2n) is 8.19. The molecule has 3 amide bonds. The van der Waals surface area contributed by atoms with Crippen LogP contribution in [0.2, 0.25) is 0 Å². The predicted octanol–water partition coefficient (Wildman–Crippen LogP) is 2.59. The maximum Gasteiger partial charge on any atom is 0.313 e. The molecule has 0 heterocycles. The Hall–Kier alpha value is -3.72. The molecule has 1 saturated carbocycles. The lowest BCUT2D eigenvalue weighted by molar-refractivity contribution is -0.146. The molecule has 0 aromatic heterocycles. The first-order valence-corrected chi connectivity index (χ1v) is 12.1. The van der Waals surface area contributed by atoms with Gasteiger partial charge in [0.25, 0.3) is 5.91 Å². The molecule has 1 aliphatic rings. The fourth-order valence-corrected chi connectivity index (χ4v) is 3.56. The molecule has 0 radical (unpaired) electrons. The number of ketones is 1. The molecule has 0 aliphatic heterocycles. The topological polar surface area (TPSA) is 123 Å². The molecule has 36 heavy (non-hydrogen) atoms. The molecular formula is C27H35N3O6. The fourth-order valence-electron chi connectivity index (χ4n) is 3.56. The maximum atomic E-state index is 13.2. The number of hydrogen-bond donors (Lipinski definition) is 3. The third-order valence-electron chi connectivity index (χ3n) is 5.55. The van der Waals surface area contributed by atoms with Crippen molar-refractivity contribution in [2.24, 2.45) is 5.92 Å². The van der Waals surface area contributed by atoms with Crippen LogP contribution in [-0.2, 0) is 25.6 Å². The zero-order chi connectivity index (χ0) is 26.5. The van der Waals surface area contributed by atoms with Gasteiger partial charge in [-0.15, -0.1) is 0 Å². The van der Waals surface area contributed by atoms with Crippen molar-refractivity contribution in [1.29, 1.82) is 0 Å². The van der Waals surface area contributed by atoms with Crippen molar-refractivity contribution in [3.05, 3.63) is 65.7 Å².